The maximum Gasteiger partial charge on any atom is 0.293 e. The number of carbonyl (C=O) groups excluding carboxylic acids is 1. The largest absolute Gasteiger partial charge is 0.459 e. The normalized spacial score (nSPS) is 11.1. The summed E-state index contributed by atoms with van der Waals surface area (Å²) in [7, 11) is 0. The lowest BCUT2D eigenvalue weighted by atomic mass is 10.1. The molecule has 2 aromatic heterocycles. The molecule has 0 aliphatic rings. The van der Waals surface area contributed by atoms with Gasteiger partial charge in [0.25, 0.3) is 11.6 Å². The van der Waals surface area contributed by atoms with Crippen LogP contribution in [-0.2, 0) is 11.3 Å². The van der Waals surface area contributed by atoms with Gasteiger partial charge in [-0.1, -0.05) is 13.0 Å². The first-order valence-corrected chi connectivity index (χ1v) is 9.52. The van der Waals surface area contributed by atoms with Crippen molar-refractivity contribution in [3.05, 3.63) is 57.7 Å². The van der Waals surface area contributed by atoms with Gasteiger partial charge in [-0.2, -0.15) is 0 Å². The van der Waals surface area contributed by atoms with Gasteiger partial charge in [-0.25, -0.2) is 0 Å². The van der Waals surface area contributed by atoms with Crippen LogP contribution in [0.25, 0.3) is 11.7 Å². The SMILES string of the molecule is CCCN(CC(=O)Nc1c([N+](=O)[O-])ccc(C)c1C)Cc1nnc(-c2ccco2)o1. The molecule has 0 bridgehead atoms. The zero-order valence-corrected chi connectivity index (χ0v) is 17.0. The second-order valence-electron chi connectivity index (χ2n) is 6.90. The second-order valence-corrected chi connectivity index (χ2v) is 6.90. The standard InChI is InChI=1S/C20H23N5O5/c1-4-9-24(12-18-22-23-20(30-18)16-6-5-10-29-16)11-17(26)21-19-14(3)13(2)7-8-15(19)25(27)28/h5-8,10H,4,9,11-12H2,1-3H3,(H,21,26). The molecular weight excluding hydrogens is 390 g/mol. The van der Waals surface area contributed by atoms with Crippen molar-refractivity contribution in [3.8, 4) is 11.7 Å². The Hall–Kier alpha value is -3.53. The van der Waals surface area contributed by atoms with E-state index in [0.717, 1.165) is 12.0 Å². The van der Waals surface area contributed by atoms with Gasteiger partial charge in [0.05, 0.1) is 24.3 Å². The molecule has 0 saturated carbocycles. The van der Waals surface area contributed by atoms with Crippen LogP contribution in [0.5, 0.6) is 0 Å². The van der Waals surface area contributed by atoms with Crippen LogP contribution in [0.2, 0.25) is 0 Å². The predicted molar refractivity (Wildman–Crippen MR) is 109 cm³/mol. The average Bonchev–Trinajstić information content (AvgIpc) is 3.37. The zero-order valence-electron chi connectivity index (χ0n) is 17.0. The smallest absolute Gasteiger partial charge is 0.293 e. The van der Waals surface area contributed by atoms with Crippen molar-refractivity contribution in [2.75, 3.05) is 18.4 Å². The number of nitrogens with zero attached hydrogens (tertiary/aromatic N) is 4. The van der Waals surface area contributed by atoms with E-state index in [1.165, 1.54) is 12.3 Å². The van der Waals surface area contributed by atoms with Crippen molar-refractivity contribution in [1.29, 1.82) is 0 Å². The van der Waals surface area contributed by atoms with Gasteiger partial charge in [0.15, 0.2) is 5.76 Å². The lowest BCUT2D eigenvalue weighted by Crippen LogP contribution is -2.34. The number of furan rings is 1. The van der Waals surface area contributed by atoms with Gasteiger partial charge in [0.2, 0.25) is 11.8 Å². The Morgan fingerprint density at radius 2 is 2.07 bits per heavy atom. The van der Waals surface area contributed by atoms with Crippen molar-refractivity contribution in [1.82, 2.24) is 15.1 Å². The summed E-state index contributed by atoms with van der Waals surface area (Å²) >= 11 is 0. The highest BCUT2D eigenvalue weighted by atomic mass is 16.6. The highest BCUT2D eigenvalue weighted by Crippen LogP contribution is 2.30. The van der Waals surface area contributed by atoms with Crippen molar-refractivity contribution >= 4 is 17.3 Å². The number of hydrogen-bond acceptors (Lipinski definition) is 8. The summed E-state index contributed by atoms with van der Waals surface area (Å²) in [4.78, 5) is 25.3. The van der Waals surface area contributed by atoms with Gasteiger partial charge in [-0.15, -0.1) is 10.2 Å². The Kier molecular flexibility index (Phi) is 6.58. The van der Waals surface area contributed by atoms with Gasteiger partial charge in [-0.05, 0) is 50.1 Å². The fourth-order valence-corrected chi connectivity index (χ4v) is 3.03. The third kappa shape index (κ3) is 4.90. The Morgan fingerprint density at radius 1 is 1.27 bits per heavy atom. The topological polar surface area (TPSA) is 128 Å². The molecule has 0 saturated heterocycles. The summed E-state index contributed by atoms with van der Waals surface area (Å²) in [6.45, 7) is 6.48. The molecular formula is C20H23N5O5. The summed E-state index contributed by atoms with van der Waals surface area (Å²) in [5, 5.41) is 22.0. The summed E-state index contributed by atoms with van der Waals surface area (Å²) < 4.78 is 10.9. The third-order valence-electron chi connectivity index (χ3n) is 4.64. The van der Waals surface area contributed by atoms with Gasteiger partial charge >= 0.3 is 0 Å². The summed E-state index contributed by atoms with van der Waals surface area (Å²) in [6, 6.07) is 6.50. The molecule has 0 unspecified atom stereocenters. The fraction of sp³-hybridized carbons (Fsp3) is 0.350. The van der Waals surface area contributed by atoms with Crippen LogP contribution in [0.15, 0.2) is 39.4 Å². The van der Waals surface area contributed by atoms with E-state index in [-0.39, 0.29) is 36.3 Å². The van der Waals surface area contributed by atoms with Crippen LogP contribution < -0.4 is 5.32 Å². The first kappa shape index (κ1) is 21.2. The van der Waals surface area contributed by atoms with Crippen LogP contribution in [0.4, 0.5) is 11.4 Å². The van der Waals surface area contributed by atoms with Gasteiger partial charge in [0, 0.05) is 6.07 Å². The van der Waals surface area contributed by atoms with Crippen LogP contribution >= 0.6 is 0 Å². The van der Waals surface area contributed by atoms with Crippen LogP contribution in [0, 0.1) is 24.0 Å². The van der Waals surface area contributed by atoms with E-state index >= 15 is 0 Å². The Morgan fingerprint density at radius 3 is 2.73 bits per heavy atom. The molecule has 3 aromatic rings. The van der Waals surface area contributed by atoms with Crippen LogP contribution in [-0.4, -0.2) is 39.0 Å². The fourth-order valence-electron chi connectivity index (χ4n) is 3.03. The number of nitrogens with one attached hydrogen (secondary N) is 1. The quantitative estimate of drug-likeness (QED) is 0.415. The zero-order chi connectivity index (χ0) is 21.7. The van der Waals surface area contributed by atoms with E-state index in [1.807, 2.05) is 18.7 Å². The average molecular weight is 413 g/mol. The molecule has 10 heteroatoms. The van der Waals surface area contributed by atoms with E-state index in [2.05, 4.69) is 15.5 Å². The number of nitro benzene ring substituents is 1. The number of hydrogen-bond donors (Lipinski definition) is 1. The number of aromatic nitrogens is 2. The van der Waals surface area contributed by atoms with Crippen LogP contribution in [0.3, 0.4) is 0 Å². The minimum Gasteiger partial charge on any atom is -0.459 e. The van der Waals surface area contributed by atoms with Crippen molar-refractivity contribution in [3.63, 3.8) is 0 Å². The predicted octanol–water partition coefficient (Wildman–Crippen LogP) is 3.71. The molecule has 10 nitrogen and oxygen atoms in total. The highest BCUT2D eigenvalue weighted by Gasteiger charge is 2.21. The Bertz CT molecular complexity index is 1030. The highest BCUT2D eigenvalue weighted by molar-refractivity contribution is 5.95. The number of amides is 1. The molecule has 0 fully saturated rings. The van der Waals surface area contributed by atoms with Gasteiger partial charge in [0.1, 0.15) is 5.69 Å². The number of benzene rings is 1. The summed E-state index contributed by atoms with van der Waals surface area (Å²) in [5.74, 6) is 0.726. The number of rotatable bonds is 9. The monoisotopic (exact) mass is 413 g/mol. The van der Waals surface area contributed by atoms with Crippen molar-refractivity contribution < 1.29 is 18.6 Å². The molecule has 158 valence electrons. The Labute approximate surface area is 173 Å². The second kappa shape index (κ2) is 9.31. The molecule has 0 atom stereocenters. The van der Waals surface area contributed by atoms with Gasteiger partial charge < -0.3 is 14.2 Å². The van der Waals surface area contributed by atoms with Gasteiger partial charge in [-0.3, -0.25) is 19.8 Å². The van der Waals surface area contributed by atoms with E-state index < -0.39 is 4.92 Å². The molecule has 1 amide bonds. The van der Waals surface area contributed by atoms with Crippen molar-refractivity contribution in [2.45, 2.75) is 33.7 Å². The number of carbonyl (C=O) groups is 1. The minimum absolute atomic E-state index is 0.0246. The summed E-state index contributed by atoms with van der Waals surface area (Å²) in [6.07, 6.45) is 2.31. The molecule has 0 spiro atoms. The molecule has 0 aliphatic heterocycles. The minimum atomic E-state index is -0.500. The molecule has 0 aliphatic carbocycles. The maximum absolute atomic E-state index is 12.7. The lowest BCUT2D eigenvalue weighted by Gasteiger charge is -2.19. The van der Waals surface area contributed by atoms with E-state index in [4.69, 9.17) is 8.83 Å². The molecule has 1 aromatic carbocycles. The summed E-state index contributed by atoms with van der Waals surface area (Å²) in [5.41, 5.74) is 1.62. The number of nitro groups is 1. The molecule has 2 heterocycles. The molecule has 3 rings (SSSR count). The maximum atomic E-state index is 12.7. The molecule has 0 radical (unpaired) electrons. The third-order valence-corrected chi connectivity index (χ3v) is 4.64. The first-order valence-electron chi connectivity index (χ1n) is 9.52. The number of aryl methyl sites for hydroxylation is 1. The Balaban J connectivity index is 1.71. The van der Waals surface area contributed by atoms with E-state index in [0.29, 0.717) is 23.8 Å². The first-order chi connectivity index (χ1) is 14.4. The van der Waals surface area contributed by atoms with Crippen molar-refractivity contribution in [2.24, 2.45) is 0 Å². The van der Waals surface area contributed by atoms with E-state index in [1.54, 1.807) is 25.1 Å². The van der Waals surface area contributed by atoms with E-state index in [9.17, 15) is 14.9 Å². The number of anilines is 1. The molecule has 30 heavy (non-hydrogen) atoms. The van der Waals surface area contributed by atoms with Crippen LogP contribution in [0.1, 0.15) is 30.4 Å². The molecule has 1 N–H and O–H groups in total. The lowest BCUT2D eigenvalue weighted by molar-refractivity contribution is -0.384.